The zero-order valence-corrected chi connectivity index (χ0v) is 18.1. The third-order valence-electron chi connectivity index (χ3n) is 6.03. The molecule has 1 aliphatic heterocycles. The zero-order valence-electron chi connectivity index (χ0n) is 18.1. The van der Waals surface area contributed by atoms with Crippen molar-refractivity contribution in [3.8, 4) is 11.4 Å². The van der Waals surface area contributed by atoms with E-state index in [1.807, 2.05) is 54.6 Å². The molecule has 0 saturated carbocycles. The molecule has 0 bridgehead atoms. The van der Waals surface area contributed by atoms with Crippen molar-refractivity contribution < 1.29 is 4.74 Å². The number of ether oxygens (including phenoxy) is 1. The Balaban J connectivity index is 1.30. The van der Waals surface area contributed by atoms with Crippen LogP contribution in [-0.2, 0) is 13.0 Å². The van der Waals surface area contributed by atoms with Crippen LogP contribution in [0.5, 0.6) is 5.75 Å². The summed E-state index contributed by atoms with van der Waals surface area (Å²) in [4.78, 5) is 20.1. The van der Waals surface area contributed by atoms with E-state index < -0.39 is 0 Å². The first-order valence-corrected chi connectivity index (χ1v) is 11.3. The maximum Gasteiger partial charge on any atom is 0.258 e. The van der Waals surface area contributed by atoms with Gasteiger partial charge in [-0.1, -0.05) is 36.4 Å². The highest BCUT2D eigenvalue weighted by Gasteiger charge is 2.11. The minimum atomic E-state index is -0.120. The van der Waals surface area contributed by atoms with Crippen LogP contribution in [0, 0.1) is 0 Å². The molecule has 2 aromatic heterocycles. The van der Waals surface area contributed by atoms with E-state index >= 15 is 0 Å². The number of pyridine rings is 2. The van der Waals surface area contributed by atoms with Crippen molar-refractivity contribution >= 4 is 10.9 Å². The minimum absolute atomic E-state index is 0.120. The van der Waals surface area contributed by atoms with Gasteiger partial charge in [0.25, 0.3) is 5.56 Å². The number of aromatic nitrogens is 2. The van der Waals surface area contributed by atoms with Crippen LogP contribution in [0.25, 0.3) is 16.6 Å². The summed E-state index contributed by atoms with van der Waals surface area (Å²) < 4.78 is 7.42. The average Bonchev–Trinajstić information content (AvgIpc) is 3.36. The lowest BCUT2D eigenvalue weighted by atomic mass is 10.1. The second-order valence-corrected chi connectivity index (χ2v) is 8.32. The van der Waals surface area contributed by atoms with Crippen molar-refractivity contribution in [1.29, 1.82) is 0 Å². The van der Waals surface area contributed by atoms with Crippen LogP contribution in [-0.4, -0.2) is 34.1 Å². The summed E-state index contributed by atoms with van der Waals surface area (Å²) in [6.07, 6.45) is 5.37. The highest BCUT2D eigenvalue weighted by Crippen LogP contribution is 2.19. The molecule has 32 heavy (non-hydrogen) atoms. The summed E-state index contributed by atoms with van der Waals surface area (Å²) in [6, 6.07) is 23.5. The Morgan fingerprint density at radius 3 is 2.56 bits per heavy atom. The summed E-state index contributed by atoms with van der Waals surface area (Å²) in [5.74, 6) is 0.570. The Hall–Kier alpha value is -3.44. The summed E-state index contributed by atoms with van der Waals surface area (Å²) in [7, 11) is 0. The number of fused-ring (bicyclic) bond motifs is 1. The molecule has 0 N–H and O–H groups in total. The van der Waals surface area contributed by atoms with Crippen molar-refractivity contribution in [3.63, 3.8) is 0 Å². The van der Waals surface area contributed by atoms with Gasteiger partial charge in [-0.15, -0.1) is 0 Å². The Labute approximate surface area is 187 Å². The average molecular weight is 426 g/mol. The number of nitrogens with zero attached hydrogens (tertiary/aromatic N) is 3. The molecule has 1 fully saturated rings. The molecule has 162 valence electrons. The van der Waals surface area contributed by atoms with Crippen LogP contribution in [0.1, 0.15) is 24.1 Å². The van der Waals surface area contributed by atoms with Crippen molar-refractivity contribution in [2.45, 2.75) is 25.9 Å². The first-order valence-electron chi connectivity index (χ1n) is 11.3. The van der Waals surface area contributed by atoms with E-state index in [1.165, 1.54) is 32.0 Å². The van der Waals surface area contributed by atoms with E-state index in [4.69, 9.17) is 9.72 Å². The van der Waals surface area contributed by atoms with Gasteiger partial charge < -0.3 is 9.64 Å². The van der Waals surface area contributed by atoms with E-state index in [9.17, 15) is 4.79 Å². The van der Waals surface area contributed by atoms with Crippen LogP contribution >= 0.6 is 0 Å². The van der Waals surface area contributed by atoms with Crippen molar-refractivity contribution in [1.82, 2.24) is 14.5 Å². The van der Waals surface area contributed by atoms with E-state index in [2.05, 4.69) is 17.0 Å². The lowest BCUT2D eigenvalue weighted by molar-refractivity contribution is 0.305. The van der Waals surface area contributed by atoms with Crippen molar-refractivity contribution in [3.05, 3.63) is 101 Å². The monoisotopic (exact) mass is 425 g/mol. The first kappa shape index (κ1) is 20.5. The summed E-state index contributed by atoms with van der Waals surface area (Å²) in [5, 5.41) is 1.03. The topological polar surface area (TPSA) is 47.4 Å². The number of hydrogen-bond acceptors (Lipinski definition) is 4. The second kappa shape index (κ2) is 9.37. The van der Waals surface area contributed by atoms with Gasteiger partial charge in [-0.2, -0.15) is 0 Å². The van der Waals surface area contributed by atoms with Gasteiger partial charge in [0.05, 0.1) is 5.52 Å². The molecule has 1 saturated heterocycles. The van der Waals surface area contributed by atoms with Gasteiger partial charge in [-0.05, 0) is 61.8 Å². The van der Waals surface area contributed by atoms with E-state index in [1.54, 1.807) is 10.8 Å². The molecule has 2 aromatic carbocycles. The van der Waals surface area contributed by atoms with Gasteiger partial charge in [0.15, 0.2) is 0 Å². The standard InChI is InChI=1S/C27H27N3O2/c31-27-19-25(32-20-21-6-2-1-3-7-21)13-17-30(27)24-10-11-26-22(18-24)8-9-23(28-26)12-16-29-14-4-5-15-29/h1-3,6-11,13,17-19H,4-5,12,14-16,20H2. The number of benzene rings is 2. The largest absolute Gasteiger partial charge is 0.489 e. The lowest BCUT2D eigenvalue weighted by Crippen LogP contribution is -2.22. The molecule has 5 rings (SSSR count). The molecule has 1 aliphatic rings. The molecule has 0 unspecified atom stereocenters. The van der Waals surface area contributed by atoms with Crippen LogP contribution in [0.4, 0.5) is 0 Å². The Bertz CT molecular complexity index is 1260. The number of hydrogen-bond donors (Lipinski definition) is 0. The maximum absolute atomic E-state index is 12.7. The van der Waals surface area contributed by atoms with Gasteiger partial charge in [-0.25, -0.2) is 0 Å². The van der Waals surface area contributed by atoms with E-state index in [0.29, 0.717) is 12.4 Å². The Kier molecular flexibility index (Phi) is 5.99. The van der Waals surface area contributed by atoms with Crippen LogP contribution in [0.2, 0.25) is 0 Å². The quantitative estimate of drug-likeness (QED) is 0.434. The van der Waals surface area contributed by atoms with Crippen LogP contribution in [0.15, 0.2) is 83.8 Å². The normalized spacial score (nSPS) is 14.1. The molecular weight excluding hydrogens is 398 g/mol. The first-order chi connectivity index (χ1) is 15.7. The van der Waals surface area contributed by atoms with Gasteiger partial charge in [0.2, 0.25) is 0 Å². The summed E-state index contributed by atoms with van der Waals surface area (Å²) in [6.45, 7) is 3.93. The molecule has 4 aromatic rings. The molecule has 0 amide bonds. The molecule has 0 atom stereocenters. The molecule has 5 heteroatoms. The molecule has 0 spiro atoms. The number of likely N-dealkylation sites (tertiary alicyclic amines) is 1. The maximum atomic E-state index is 12.7. The second-order valence-electron chi connectivity index (χ2n) is 8.32. The van der Waals surface area contributed by atoms with E-state index in [-0.39, 0.29) is 5.56 Å². The number of rotatable bonds is 7. The van der Waals surface area contributed by atoms with Crippen LogP contribution < -0.4 is 10.3 Å². The van der Waals surface area contributed by atoms with Gasteiger partial charge >= 0.3 is 0 Å². The SMILES string of the molecule is O=c1cc(OCc2ccccc2)ccn1-c1ccc2nc(CCN3CCCC3)ccc2c1. The smallest absolute Gasteiger partial charge is 0.258 e. The fourth-order valence-electron chi connectivity index (χ4n) is 4.23. The van der Waals surface area contributed by atoms with Crippen LogP contribution in [0.3, 0.4) is 0 Å². The lowest BCUT2D eigenvalue weighted by Gasteiger charge is -2.14. The van der Waals surface area contributed by atoms with Gasteiger partial charge in [0, 0.05) is 42.0 Å². The molecule has 3 heterocycles. The van der Waals surface area contributed by atoms with Crippen molar-refractivity contribution in [2.24, 2.45) is 0 Å². The fourth-order valence-corrected chi connectivity index (χ4v) is 4.23. The summed E-state index contributed by atoms with van der Waals surface area (Å²) in [5.41, 5.74) is 3.85. The van der Waals surface area contributed by atoms with Crippen molar-refractivity contribution in [2.75, 3.05) is 19.6 Å². The van der Waals surface area contributed by atoms with E-state index in [0.717, 1.165) is 40.8 Å². The van der Waals surface area contributed by atoms with Gasteiger partial charge in [-0.3, -0.25) is 14.3 Å². The molecule has 0 aliphatic carbocycles. The molecular formula is C27H27N3O2. The highest BCUT2D eigenvalue weighted by molar-refractivity contribution is 5.81. The summed E-state index contributed by atoms with van der Waals surface area (Å²) >= 11 is 0. The fraction of sp³-hybridized carbons (Fsp3) is 0.259. The highest BCUT2D eigenvalue weighted by atomic mass is 16.5. The predicted molar refractivity (Wildman–Crippen MR) is 127 cm³/mol. The third kappa shape index (κ3) is 4.73. The third-order valence-corrected chi connectivity index (χ3v) is 6.03. The minimum Gasteiger partial charge on any atom is -0.489 e. The molecule has 5 nitrogen and oxygen atoms in total. The Morgan fingerprint density at radius 1 is 0.906 bits per heavy atom. The zero-order chi connectivity index (χ0) is 21.8. The molecule has 0 radical (unpaired) electrons. The van der Waals surface area contributed by atoms with Gasteiger partial charge in [0.1, 0.15) is 12.4 Å². The predicted octanol–water partition coefficient (Wildman–Crippen LogP) is 4.60. The Morgan fingerprint density at radius 2 is 1.75 bits per heavy atom.